The van der Waals surface area contributed by atoms with Crippen LogP contribution >= 0.6 is 0 Å². The molecule has 1 N–H and O–H groups in total. The molecule has 0 aliphatic rings. The van der Waals surface area contributed by atoms with E-state index in [4.69, 9.17) is 9.15 Å². The molecule has 1 aromatic carbocycles. The van der Waals surface area contributed by atoms with E-state index in [-0.39, 0.29) is 0 Å². The molecular formula is C16H22N2O2. The Balaban J connectivity index is 1.84. The molecule has 0 radical (unpaired) electrons. The number of furan rings is 1. The molecule has 2 rings (SSSR count). The number of nitrogens with zero attached hydrogens (tertiary/aromatic N) is 1. The zero-order valence-electron chi connectivity index (χ0n) is 12.1. The Hall–Kier alpha value is -1.78. The maximum Gasteiger partial charge on any atom is 0.123 e. The van der Waals surface area contributed by atoms with Crippen LogP contribution in [0.3, 0.4) is 0 Å². The van der Waals surface area contributed by atoms with Gasteiger partial charge in [-0.1, -0.05) is 12.1 Å². The fourth-order valence-electron chi connectivity index (χ4n) is 2.00. The third kappa shape index (κ3) is 4.40. The monoisotopic (exact) mass is 274 g/mol. The Morgan fingerprint density at radius 3 is 2.65 bits per heavy atom. The molecule has 0 amide bonds. The number of anilines is 1. The maximum atomic E-state index is 5.36. The van der Waals surface area contributed by atoms with Crippen molar-refractivity contribution in [2.75, 3.05) is 32.2 Å². The summed E-state index contributed by atoms with van der Waals surface area (Å²) in [5.41, 5.74) is 2.46. The van der Waals surface area contributed by atoms with Crippen LogP contribution in [0.15, 0.2) is 47.1 Å². The first-order valence-electron chi connectivity index (χ1n) is 6.81. The Bertz CT molecular complexity index is 480. The molecule has 0 atom stereocenters. The number of rotatable bonds is 8. The standard InChI is InChI=1S/C16H22N2O2/c1-18(13-16-4-3-10-20-16)15-7-5-14(6-8-15)12-17-9-11-19-2/h3-8,10,17H,9,11-13H2,1-2H3. The van der Waals surface area contributed by atoms with Crippen molar-refractivity contribution >= 4 is 5.69 Å². The van der Waals surface area contributed by atoms with Crippen molar-refractivity contribution in [2.24, 2.45) is 0 Å². The van der Waals surface area contributed by atoms with E-state index in [0.717, 1.165) is 32.0 Å². The van der Waals surface area contributed by atoms with Gasteiger partial charge in [0.1, 0.15) is 5.76 Å². The molecule has 4 nitrogen and oxygen atoms in total. The fraction of sp³-hybridized carbons (Fsp3) is 0.375. The van der Waals surface area contributed by atoms with Crippen molar-refractivity contribution < 1.29 is 9.15 Å². The van der Waals surface area contributed by atoms with Crippen molar-refractivity contribution in [2.45, 2.75) is 13.1 Å². The minimum Gasteiger partial charge on any atom is -0.467 e. The normalized spacial score (nSPS) is 10.7. The van der Waals surface area contributed by atoms with Gasteiger partial charge in [0.15, 0.2) is 0 Å². The van der Waals surface area contributed by atoms with E-state index in [9.17, 15) is 0 Å². The zero-order chi connectivity index (χ0) is 14.2. The molecule has 0 aliphatic carbocycles. The van der Waals surface area contributed by atoms with Crippen LogP contribution in [-0.2, 0) is 17.8 Å². The maximum absolute atomic E-state index is 5.36. The molecule has 0 aliphatic heterocycles. The molecule has 1 aromatic heterocycles. The average molecular weight is 274 g/mol. The van der Waals surface area contributed by atoms with Gasteiger partial charge < -0.3 is 19.4 Å². The van der Waals surface area contributed by atoms with E-state index in [0.29, 0.717) is 0 Å². The van der Waals surface area contributed by atoms with Crippen LogP contribution < -0.4 is 10.2 Å². The highest BCUT2D eigenvalue weighted by Gasteiger charge is 2.04. The second kappa shape index (κ2) is 7.72. The number of hydrogen-bond acceptors (Lipinski definition) is 4. The van der Waals surface area contributed by atoms with Crippen molar-refractivity contribution in [3.63, 3.8) is 0 Å². The Kier molecular flexibility index (Phi) is 5.65. The molecule has 0 saturated carbocycles. The van der Waals surface area contributed by atoms with Gasteiger partial charge in [0, 0.05) is 32.9 Å². The lowest BCUT2D eigenvalue weighted by atomic mass is 10.2. The highest BCUT2D eigenvalue weighted by molar-refractivity contribution is 5.47. The number of ether oxygens (including phenoxy) is 1. The number of nitrogens with one attached hydrogen (secondary N) is 1. The second-order valence-corrected chi connectivity index (χ2v) is 4.77. The Morgan fingerprint density at radius 2 is 2.00 bits per heavy atom. The van der Waals surface area contributed by atoms with Crippen LogP contribution in [0.2, 0.25) is 0 Å². The summed E-state index contributed by atoms with van der Waals surface area (Å²) < 4.78 is 10.4. The minimum absolute atomic E-state index is 0.740. The molecular weight excluding hydrogens is 252 g/mol. The topological polar surface area (TPSA) is 37.6 Å². The predicted molar refractivity (Wildman–Crippen MR) is 80.8 cm³/mol. The first kappa shape index (κ1) is 14.6. The van der Waals surface area contributed by atoms with Gasteiger partial charge in [-0.2, -0.15) is 0 Å². The zero-order valence-corrected chi connectivity index (χ0v) is 12.1. The number of hydrogen-bond donors (Lipinski definition) is 1. The van der Waals surface area contributed by atoms with Crippen molar-refractivity contribution in [1.29, 1.82) is 0 Å². The van der Waals surface area contributed by atoms with Gasteiger partial charge in [-0.3, -0.25) is 0 Å². The highest BCUT2D eigenvalue weighted by Crippen LogP contribution is 2.16. The van der Waals surface area contributed by atoms with E-state index < -0.39 is 0 Å². The van der Waals surface area contributed by atoms with Crippen molar-refractivity contribution in [3.8, 4) is 0 Å². The van der Waals surface area contributed by atoms with Gasteiger partial charge in [0.2, 0.25) is 0 Å². The molecule has 0 spiro atoms. The highest BCUT2D eigenvalue weighted by atomic mass is 16.5. The first-order chi connectivity index (χ1) is 9.79. The average Bonchev–Trinajstić information content (AvgIpc) is 2.97. The predicted octanol–water partition coefficient (Wildman–Crippen LogP) is 2.65. The molecule has 4 heteroatoms. The van der Waals surface area contributed by atoms with E-state index >= 15 is 0 Å². The molecule has 0 saturated heterocycles. The first-order valence-corrected chi connectivity index (χ1v) is 6.81. The number of benzene rings is 1. The largest absolute Gasteiger partial charge is 0.467 e. The summed E-state index contributed by atoms with van der Waals surface area (Å²) in [7, 11) is 3.78. The number of methoxy groups -OCH3 is 1. The van der Waals surface area contributed by atoms with Gasteiger partial charge in [0.25, 0.3) is 0 Å². The summed E-state index contributed by atoms with van der Waals surface area (Å²) in [5, 5.41) is 3.33. The lowest BCUT2D eigenvalue weighted by molar-refractivity contribution is 0.199. The van der Waals surface area contributed by atoms with Gasteiger partial charge in [0.05, 0.1) is 19.4 Å². The quantitative estimate of drug-likeness (QED) is 0.751. The van der Waals surface area contributed by atoms with E-state index in [1.807, 2.05) is 12.1 Å². The molecule has 0 unspecified atom stereocenters. The molecule has 0 bridgehead atoms. The van der Waals surface area contributed by atoms with Crippen molar-refractivity contribution in [3.05, 3.63) is 54.0 Å². The molecule has 2 aromatic rings. The van der Waals surface area contributed by atoms with Crippen molar-refractivity contribution in [1.82, 2.24) is 5.32 Å². The summed E-state index contributed by atoms with van der Waals surface area (Å²) in [4.78, 5) is 2.17. The smallest absolute Gasteiger partial charge is 0.123 e. The lowest BCUT2D eigenvalue weighted by Crippen LogP contribution is -2.19. The van der Waals surface area contributed by atoms with E-state index in [2.05, 4.69) is 41.5 Å². The van der Waals surface area contributed by atoms with Gasteiger partial charge in [-0.05, 0) is 29.8 Å². The summed E-state index contributed by atoms with van der Waals surface area (Å²) in [6, 6.07) is 12.5. The Morgan fingerprint density at radius 1 is 1.20 bits per heavy atom. The van der Waals surface area contributed by atoms with Crippen LogP contribution in [0.4, 0.5) is 5.69 Å². The summed E-state index contributed by atoms with van der Waals surface area (Å²) in [6.45, 7) is 3.25. The van der Waals surface area contributed by atoms with Crippen LogP contribution in [0.1, 0.15) is 11.3 Å². The van der Waals surface area contributed by atoms with E-state index in [1.54, 1.807) is 13.4 Å². The summed E-state index contributed by atoms with van der Waals surface area (Å²) in [5.74, 6) is 0.970. The van der Waals surface area contributed by atoms with Gasteiger partial charge in [-0.25, -0.2) is 0 Å². The summed E-state index contributed by atoms with van der Waals surface area (Å²) >= 11 is 0. The molecule has 108 valence electrons. The van der Waals surface area contributed by atoms with Crippen LogP contribution in [0.25, 0.3) is 0 Å². The van der Waals surface area contributed by atoms with E-state index in [1.165, 1.54) is 11.3 Å². The third-order valence-electron chi connectivity index (χ3n) is 3.16. The lowest BCUT2D eigenvalue weighted by Gasteiger charge is -2.18. The molecule has 0 fully saturated rings. The molecule has 20 heavy (non-hydrogen) atoms. The minimum atomic E-state index is 0.740. The van der Waals surface area contributed by atoms with Gasteiger partial charge >= 0.3 is 0 Å². The van der Waals surface area contributed by atoms with Crippen LogP contribution in [0.5, 0.6) is 0 Å². The second-order valence-electron chi connectivity index (χ2n) is 4.77. The fourth-order valence-corrected chi connectivity index (χ4v) is 2.00. The summed E-state index contributed by atoms with van der Waals surface area (Å²) in [6.07, 6.45) is 1.71. The van der Waals surface area contributed by atoms with Gasteiger partial charge in [-0.15, -0.1) is 0 Å². The third-order valence-corrected chi connectivity index (χ3v) is 3.16. The molecule has 1 heterocycles. The Labute approximate surface area is 120 Å². The van der Waals surface area contributed by atoms with Crippen LogP contribution in [0, 0.1) is 0 Å². The van der Waals surface area contributed by atoms with Crippen LogP contribution in [-0.4, -0.2) is 27.3 Å². The SMILES string of the molecule is COCCNCc1ccc(N(C)Cc2ccco2)cc1.